The molecule has 0 aromatic carbocycles. The number of nitrogen functional groups attached to an aromatic ring is 1. The number of nitro groups is 1. The van der Waals surface area contributed by atoms with Gasteiger partial charge in [-0.3, -0.25) is 15.5 Å². The van der Waals surface area contributed by atoms with Crippen molar-refractivity contribution in [1.82, 2.24) is 9.97 Å². The first-order valence-corrected chi connectivity index (χ1v) is 5.79. The van der Waals surface area contributed by atoms with Gasteiger partial charge in [0.05, 0.1) is 4.92 Å². The van der Waals surface area contributed by atoms with Crippen LogP contribution in [0.5, 0.6) is 0 Å². The molecule has 4 N–H and O–H groups in total. The summed E-state index contributed by atoms with van der Waals surface area (Å²) in [6, 6.07) is 0.128. The van der Waals surface area contributed by atoms with E-state index >= 15 is 0 Å². The van der Waals surface area contributed by atoms with E-state index in [0.717, 1.165) is 12.8 Å². The molecule has 100 valence electrons. The number of nitrogens with two attached hydrogens (primary N) is 1. The summed E-state index contributed by atoms with van der Waals surface area (Å²) in [6.45, 7) is 5.56. The molecule has 0 spiro atoms. The van der Waals surface area contributed by atoms with Crippen LogP contribution in [0.2, 0.25) is 0 Å². The SMILES string of the molecule is CCC(CC)Nc1nc(NN)nc(C)c1[N+](=O)[O-]. The molecule has 0 aliphatic heterocycles. The second kappa shape index (κ2) is 6.10. The number of nitrogens with one attached hydrogen (secondary N) is 2. The number of aromatic nitrogens is 2. The molecule has 0 saturated heterocycles. The maximum atomic E-state index is 11.0. The highest BCUT2D eigenvalue weighted by Crippen LogP contribution is 2.27. The summed E-state index contributed by atoms with van der Waals surface area (Å²) >= 11 is 0. The molecule has 0 fully saturated rings. The van der Waals surface area contributed by atoms with E-state index in [1.807, 2.05) is 13.8 Å². The quantitative estimate of drug-likeness (QED) is 0.400. The molecule has 0 aliphatic carbocycles. The lowest BCUT2D eigenvalue weighted by molar-refractivity contribution is -0.385. The third kappa shape index (κ3) is 3.04. The highest BCUT2D eigenvalue weighted by atomic mass is 16.6. The number of hydrogen-bond donors (Lipinski definition) is 3. The fourth-order valence-corrected chi connectivity index (χ4v) is 1.64. The number of hydrazine groups is 1. The smallest absolute Gasteiger partial charge is 0.332 e. The van der Waals surface area contributed by atoms with Crippen molar-refractivity contribution >= 4 is 17.5 Å². The predicted molar refractivity (Wildman–Crippen MR) is 69.2 cm³/mol. The van der Waals surface area contributed by atoms with Crippen molar-refractivity contribution in [3.8, 4) is 0 Å². The van der Waals surface area contributed by atoms with Gasteiger partial charge in [-0.1, -0.05) is 13.8 Å². The summed E-state index contributed by atoms with van der Waals surface area (Å²) in [5.74, 6) is 5.60. The van der Waals surface area contributed by atoms with E-state index in [2.05, 4.69) is 20.7 Å². The van der Waals surface area contributed by atoms with Gasteiger partial charge in [0.25, 0.3) is 0 Å². The number of aryl methyl sites for hydroxylation is 1. The second-order valence-electron chi connectivity index (χ2n) is 3.89. The minimum Gasteiger partial charge on any atom is -0.361 e. The molecule has 0 amide bonds. The molecule has 8 nitrogen and oxygen atoms in total. The van der Waals surface area contributed by atoms with E-state index in [1.165, 1.54) is 0 Å². The van der Waals surface area contributed by atoms with Gasteiger partial charge in [0, 0.05) is 6.04 Å². The molecule has 1 rings (SSSR count). The van der Waals surface area contributed by atoms with E-state index in [1.54, 1.807) is 6.92 Å². The van der Waals surface area contributed by atoms with E-state index in [4.69, 9.17) is 5.84 Å². The van der Waals surface area contributed by atoms with Gasteiger partial charge in [-0.25, -0.2) is 10.8 Å². The lowest BCUT2D eigenvalue weighted by Crippen LogP contribution is -2.21. The Morgan fingerprint density at radius 1 is 1.39 bits per heavy atom. The Morgan fingerprint density at radius 2 is 2.00 bits per heavy atom. The summed E-state index contributed by atoms with van der Waals surface area (Å²) in [4.78, 5) is 18.5. The molecular formula is C10H18N6O2. The summed E-state index contributed by atoms with van der Waals surface area (Å²) in [7, 11) is 0. The molecule has 8 heteroatoms. The van der Waals surface area contributed by atoms with Crippen LogP contribution in [0, 0.1) is 17.0 Å². The third-order valence-electron chi connectivity index (χ3n) is 2.70. The second-order valence-corrected chi connectivity index (χ2v) is 3.89. The molecule has 18 heavy (non-hydrogen) atoms. The van der Waals surface area contributed by atoms with Crippen molar-refractivity contribution in [2.45, 2.75) is 39.7 Å². The Hall–Kier alpha value is -1.96. The summed E-state index contributed by atoms with van der Waals surface area (Å²) < 4.78 is 0. The van der Waals surface area contributed by atoms with Crippen LogP contribution in [0.3, 0.4) is 0 Å². The largest absolute Gasteiger partial charge is 0.361 e. The van der Waals surface area contributed by atoms with E-state index in [0.29, 0.717) is 0 Å². The van der Waals surface area contributed by atoms with Crippen LogP contribution in [0.1, 0.15) is 32.4 Å². The third-order valence-corrected chi connectivity index (χ3v) is 2.70. The molecule has 0 atom stereocenters. The maximum absolute atomic E-state index is 11.0. The Kier molecular flexibility index (Phi) is 4.78. The van der Waals surface area contributed by atoms with Crippen molar-refractivity contribution in [2.24, 2.45) is 5.84 Å². The molecule has 0 bridgehead atoms. The predicted octanol–water partition coefficient (Wildman–Crippen LogP) is 1.58. The minimum atomic E-state index is -0.486. The lowest BCUT2D eigenvalue weighted by Gasteiger charge is -2.16. The zero-order valence-corrected chi connectivity index (χ0v) is 10.7. The molecule has 0 aliphatic rings. The molecule has 0 saturated carbocycles. The highest BCUT2D eigenvalue weighted by molar-refractivity contribution is 5.61. The van der Waals surface area contributed by atoms with Crippen LogP contribution in [-0.2, 0) is 0 Å². The minimum absolute atomic E-state index is 0.110. The fourth-order valence-electron chi connectivity index (χ4n) is 1.64. The van der Waals surface area contributed by atoms with E-state index in [-0.39, 0.29) is 29.2 Å². The first kappa shape index (κ1) is 14.1. The Balaban J connectivity index is 3.20. The highest BCUT2D eigenvalue weighted by Gasteiger charge is 2.23. The topological polar surface area (TPSA) is 119 Å². The average Bonchev–Trinajstić information content (AvgIpc) is 2.34. The van der Waals surface area contributed by atoms with Gasteiger partial charge < -0.3 is 5.32 Å². The zero-order chi connectivity index (χ0) is 13.7. The van der Waals surface area contributed by atoms with Gasteiger partial charge in [0.2, 0.25) is 11.8 Å². The van der Waals surface area contributed by atoms with Gasteiger partial charge in [-0.05, 0) is 19.8 Å². The van der Waals surface area contributed by atoms with Gasteiger partial charge in [0.1, 0.15) is 5.69 Å². The number of rotatable bonds is 6. The average molecular weight is 254 g/mol. The zero-order valence-electron chi connectivity index (χ0n) is 10.7. The number of hydrogen-bond acceptors (Lipinski definition) is 7. The Morgan fingerprint density at radius 3 is 2.44 bits per heavy atom. The summed E-state index contributed by atoms with van der Waals surface area (Å²) in [6.07, 6.45) is 1.70. The Bertz CT molecular complexity index is 433. The monoisotopic (exact) mass is 254 g/mol. The van der Waals surface area contributed by atoms with Crippen molar-refractivity contribution < 1.29 is 4.92 Å². The molecule has 0 unspecified atom stereocenters. The van der Waals surface area contributed by atoms with Crippen LogP contribution >= 0.6 is 0 Å². The number of anilines is 2. The fraction of sp³-hybridized carbons (Fsp3) is 0.600. The van der Waals surface area contributed by atoms with Crippen LogP contribution in [-0.4, -0.2) is 20.9 Å². The first-order chi connectivity index (χ1) is 8.53. The molecular weight excluding hydrogens is 236 g/mol. The standard InChI is InChI=1S/C10H18N6O2/c1-4-7(5-2)13-9-8(16(17)18)6(3)12-10(14-9)15-11/h7H,4-5,11H2,1-3H3,(H2,12,13,14,15). The van der Waals surface area contributed by atoms with Gasteiger partial charge in [-0.2, -0.15) is 4.98 Å². The molecule has 1 aromatic heterocycles. The van der Waals surface area contributed by atoms with Gasteiger partial charge in [-0.15, -0.1) is 0 Å². The van der Waals surface area contributed by atoms with Crippen LogP contribution < -0.4 is 16.6 Å². The van der Waals surface area contributed by atoms with Gasteiger partial charge in [0.15, 0.2) is 0 Å². The molecule has 0 radical (unpaired) electrons. The number of nitrogens with zero attached hydrogens (tertiary/aromatic N) is 3. The Labute approximate surface area is 105 Å². The van der Waals surface area contributed by atoms with E-state index < -0.39 is 4.92 Å². The first-order valence-electron chi connectivity index (χ1n) is 5.79. The van der Waals surface area contributed by atoms with Crippen molar-refractivity contribution in [3.05, 3.63) is 15.8 Å². The van der Waals surface area contributed by atoms with Crippen LogP contribution in [0.25, 0.3) is 0 Å². The molecule has 1 heterocycles. The normalized spacial score (nSPS) is 10.5. The van der Waals surface area contributed by atoms with Crippen molar-refractivity contribution in [2.75, 3.05) is 10.7 Å². The maximum Gasteiger partial charge on any atom is 0.332 e. The van der Waals surface area contributed by atoms with Crippen molar-refractivity contribution in [3.63, 3.8) is 0 Å². The van der Waals surface area contributed by atoms with Crippen LogP contribution in [0.4, 0.5) is 17.5 Å². The summed E-state index contributed by atoms with van der Waals surface area (Å²) in [5, 5.41) is 14.1. The van der Waals surface area contributed by atoms with Crippen LogP contribution in [0.15, 0.2) is 0 Å². The lowest BCUT2D eigenvalue weighted by atomic mass is 10.1. The van der Waals surface area contributed by atoms with Crippen molar-refractivity contribution in [1.29, 1.82) is 0 Å². The summed E-state index contributed by atoms with van der Waals surface area (Å²) in [5.41, 5.74) is 2.46. The van der Waals surface area contributed by atoms with Gasteiger partial charge >= 0.3 is 5.69 Å². The molecule has 1 aromatic rings. The van der Waals surface area contributed by atoms with E-state index in [9.17, 15) is 10.1 Å².